The number of aromatic nitrogens is 1. The van der Waals surface area contributed by atoms with Gasteiger partial charge in [0, 0.05) is 23.0 Å². The monoisotopic (exact) mass is 345 g/mol. The van der Waals surface area contributed by atoms with Gasteiger partial charge in [-0.2, -0.15) is 0 Å². The molecule has 0 bridgehead atoms. The van der Waals surface area contributed by atoms with E-state index >= 15 is 0 Å². The molecule has 0 saturated heterocycles. The second-order valence-corrected chi connectivity index (χ2v) is 6.86. The van der Waals surface area contributed by atoms with Crippen molar-refractivity contribution in [1.82, 2.24) is 4.98 Å². The summed E-state index contributed by atoms with van der Waals surface area (Å²) >= 11 is 0. The van der Waals surface area contributed by atoms with Crippen LogP contribution in [0.5, 0.6) is 11.8 Å². The first kappa shape index (κ1) is 19.0. The zero-order valence-corrected chi connectivity index (χ0v) is 14.9. The van der Waals surface area contributed by atoms with Crippen LogP contribution in [0.25, 0.3) is 0 Å². The Bertz CT molecular complexity index is 632. The Morgan fingerprint density at radius 3 is 1.72 bits per heavy atom. The van der Waals surface area contributed by atoms with Crippen LogP contribution in [0.15, 0.2) is 24.3 Å². The maximum Gasteiger partial charge on any atom is 0.194 e. The Morgan fingerprint density at radius 1 is 0.680 bits per heavy atom. The number of unbranched alkanes of at least 4 members (excludes halogenated alkanes) is 7. The number of aromatic hydroxyl groups is 2. The van der Waals surface area contributed by atoms with Crippen molar-refractivity contribution in [2.45, 2.75) is 64.2 Å². The van der Waals surface area contributed by atoms with Gasteiger partial charge in [-0.05, 0) is 49.4 Å². The minimum absolute atomic E-state index is 0.0355. The summed E-state index contributed by atoms with van der Waals surface area (Å²) in [7, 11) is 0. The average molecular weight is 345 g/mol. The van der Waals surface area contributed by atoms with Gasteiger partial charge in [0.05, 0.1) is 0 Å². The summed E-state index contributed by atoms with van der Waals surface area (Å²) in [5, 5.41) is 18.8. The lowest BCUT2D eigenvalue weighted by Gasteiger charge is -2.05. The van der Waals surface area contributed by atoms with Crippen LogP contribution >= 0.6 is 0 Å². The van der Waals surface area contributed by atoms with E-state index < -0.39 is 0 Å². The molecule has 25 heavy (non-hydrogen) atoms. The molecule has 0 spiro atoms. The molecule has 1 aromatic carbocycles. The molecular formula is C20H31N3O2. The van der Waals surface area contributed by atoms with Crippen LogP contribution in [0.4, 0.5) is 11.4 Å². The molecule has 1 aromatic heterocycles. The molecule has 2 rings (SSSR count). The number of aryl methyl sites for hydroxylation is 2. The molecule has 0 unspecified atom stereocenters. The van der Waals surface area contributed by atoms with Gasteiger partial charge in [-0.3, -0.25) is 4.98 Å². The largest absolute Gasteiger partial charge is 0.495 e. The van der Waals surface area contributed by atoms with Crippen molar-refractivity contribution in [3.8, 4) is 11.8 Å². The first-order valence-corrected chi connectivity index (χ1v) is 9.29. The molecule has 138 valence electrons. The fourth-order valence-electron chi connectivity index (χ4n) is 3.26. The van der Waals surface area contributed by atoms with E-state index in [9.17, 15) is 10.2 Å². The van der Waals surface area contributed by atoms with Crippen LogP contribution in [0.3, 0.4) is 0 Å². The van der Waals surface area contributed by atoms with Crippen molar-refractivity contribution >= 4 is 11.4 Å². The summed E-state index contributed by atoms with van der Waals surface area (Å²) in [6.45, 7) is 0. The highest BCUT2D eigenvalue weighted by molar-refractivity contribution is 5.54. The van der Waals surface area contributed by atoms with Gasteiger partial charge in [-0.15, -0.1) is 0 Å². The number of benzene rings is 1. The molecule has 5 nitrogen and oxygen atoms in total. The number of aromatic amines is 1. The third kappa shape index (κ3) is 6.99. The van der Waals surface area contributed by atoms with Crippen LogP contribution in [-0.4, -0.2) is 15.2 Å². The van der Waals surface area contributed by atoms with Gasteiger partial charge in [0.25, 0.3) is 0 Å². The molecule has 0 aliphatic carbocycles. The van der Waals surface area contributed by atoms with Crippen molar-refractivity contribution < 1.29 is 10.2 Å². The van der Waals surface area contributed by atoms with Crippen molar-refractivity contribution in [3.63, 3.8) is 0 Å². The first-order chi connectivity index (χ1) is 12.0. The van der Waals surface area contributed by atoms with Crippen molar-refractivity contribution in [2.75, 3.05) is 11.5 Å². The third-order valence-electron chi connectivity index (χ3n) is 4.56. The smallest absolute Gasteiger partial charge is 0.194 e. The third-order valence-corrected chi connectivity index (χ3v) is 4.56. The van der Waals surface area contributed by atoms with E-state index in [0.29, 0.717) is 0 Å². The average Bonchev–Trinajstić information content (AvgIpc) is 2.86. The first-order valence-electron chi connectivity index (χ1n) is 9.29. The number of anilines is 2. The molecule has 5 heteroatoms. The Kier molecular flexibility index (Phi) is 7.51. The summed E-state index contributed by atoms with van der Waals surface area (Å²) in [5.74, 6) is 0.132. The molecular weight excluding hydrogens is 314 g/mol. The number of H-pyrrole nitrogens is 1. The maximum atomic E-state index is 9.54. The van der Waals surface area contributed by atoms with Gasteiger partial charge in [0.15, 0.2) is 11.8 Å². The summed E-state index contributed by atoms with van der Waals surface area (Å²) in [6.07, 6.45) is 11.5. The SMILES string of the molecule is Nc1cc(N)cc(CCCCCCCCCCc2cc(O)[nH]c2O)c1. The predicted molar refractivity (Wildman–Crippen MR) is 104 cm³/mol. The van der Waals surface area contributed by atoms with Crippen LogP contribution < -0.4 is 11.5 Å². The van der Waals surface area contributed by atoms with Gasteiger partial charge in [0.2, 0.25) is 0 Å². The van der Waals surface area contributed by atoms with Crippen LogP contribution in [0.1, 0.15) is 62.5 Å². The molecule has 0 saturated carbocycles. The van der Waals surface area contributed by atoms with Crippen molar-refractivity contribution in [3.05, 3.63) is 35.4 Å². The summed E-state index contributed by atoms with van der Waals surface area (Å²) in [6, 6.07) is 7.42. The molecule has 0 aliphatic heterocycles. The summed E-state index contributed by atoms with van der Waals surface area (Å²) in [4.78, 5) is 2.50. The Labute approximate surface area is 150 Å². The Morgan fingerprint density at radius 2 is 1.20 bits per heavy atom. The second kappa shape index (κ2) is 9.87. The highest BCUT2D eigenvalue weighted by atomic mass is 16.3. The minimum atomic E-state index is 0.0355. The standard InChI is InChI=1S/C20H31N3O2/c21-17-11-15(12-18(22)14-17)9-7-5-3-1-2-4-6-8-10-16-13-19(24)23-20(16)25/h11-14,23-25H,1-10,21-22H2. The predicted octanol–water partition coefficient (Wildman–Crippen LogP) is 4.50. The zero-order chi connectivity index (χ0) is 18.1. The maximum absolute atomic E-state index is 9.54. The Hall–Kier alpha value is -2.30. The van der Waals surface area contributed by atoms with E-state index in [1.54, 1.807) is 12.1 Å². The quantitative estimate of drug-likeness (QED) is 0.305. The topological polar surface area (TPSA) is 108 Å². The van der Waals surface area contributed by atoms with E-state index in [-0.39, 0.29) is 11.8 Å². The van der Waals surface area contributed by atoms with Gasteiger partial charge < -0.3 is 21.7 Å². The van der Waals surface area contributed by atoms with Crippen molar-refractivity contribution in [2.24, 2.45) is 0 Å². The highest BCUT2D eigenvalue weighted by Crippen LogP contribution is 2.23. The Balaban J connectivity index is 1.45. The van der Waals surface area contributed by atoms with Gasteiger partial charge in [-0.1, -0.05) is 38.5 Å². The van der Waals surface area contributed by atoms with E-state index in [1.807, 2.05) is 12.1 Å². The number of nitrogen functional groups attached to an aromatic ring is 2. The molecule has 2 aromatic rings. The van der Waals surface area contributed by atoms with E-state index in [1.165, 1.54) is 44.1 Å². The molecule has 0 atom stereocenters. The van der Waals surface area contributed by atoms with Crippen LogP contribution in [0, 0.1) is 0 Å². The fraction of sp³-hybridized carbons (Fsp3) is 0.500. The van der Waals surface area contributed by atoms with E-state index in [2.05, 4.69) is 4.98 Å². The number of rotatable bonds is 11. The second-order valence-electron chi connectivity index (χ2n) is 6.86. The molecule has 7 N–H and O–H groups in total. The number of nitrogens with two attached hydrogens (primary N) is 2. The van der Waals surface area contributed by atoms with Gasteiger partial charge in [0.1, 0.15) is 0 Å². The van der Waals surface area contributed by atoms with E-state index in [4.69, 9.17) is 11.5 Å². The molecule has 0 aliphatic rings. The highest BCUT2D eigenvalue weighted by Gasteiger charge is 2.05. The zero-order valence-electron chi connectivity index (χ0n) is 14.9. The fourth-order valence-corrected chi connectivity index (χ4v) is 3.26. The lowest BCUT2D eigenvalue weighted by atomic mass is 10.0. The molecule has 1 heterocycles. The number of nitrogens with one attached hydrogen (secondary N) is 1. The lowest BCUT2D eigenvalue weighted by Crippen LogP contribution is -1.94. The van der Waals surface area contributed by atoms with Crippen LogP contribution in [-0.2, 0) is 12.8 Å². The van der Waals surface area contributed by atoms with Gasteiger partial charge in [-0.25, -0.2) is 0 Å². The van der Waals surface area contributed by atoms with Crippen molar-refractivity contribution in [1.29, 1.82) is 0 Å². The normalized spacial score (nSPS) is 11.0. The minimum Gasteiger partial charge on any atom is -0.495 e. The number of hydrogen-bond acceptors (Lipinski definition) is 4. The number of hydrogen-bond donors (Lipinski definition) is 5. The van der Waals surface area contributed by atoms with Gasteiger partial charge >= 0.3 is 0 Å². The summed E-state index contributed by atoms with van der Waals surface area (Å²) in [5.41, 5.74) is 15.2. The van der Waals surface area contributed by atoms with Crippen LogP contribution in [0.2, 0.25) is 0 Å². The lowest BCUT2D eigenvalue weighted by molar-refractivity contribution is 0.422. The molecule has 0 radical (unpaired) electrons. The summed E-state index contributed by atoms with van der Waals surface area (Å²) < 4.78 is 0. The molecule has 0 fully saturated rings. The molecule has 0 amide bonds. The van der Waals surface area contributed by atoms with E-state index in [0.717, 1.165) is 42.6 Å².